The number of amides is 2. The Labute approximate surface area is 117 Å². The molecule has 0 heterocycles. The second-order valence-corrected chi connectivity index (χ2v) is 4.65. The Morgan fingerprint density at radius 1 is 1.45 bits per heavy atom. The smallest absolute Gasteiger partial charge is 0.340 e. The zero-order valence-electron chi connectivity index (χ0n) is 11.8. The molecular weight excluding hydrogens is 263 g/mol. The molecule has 0 fully saturated rings. The Bertz CT molecular complexity index is 505. The summed E-state index contributed by atoms with van der Waals surface area (Å²) < 4.78 is 13.5. The topological polar surface area (TPSA) is 69.6 Å². The number of carbonyl (C=O) groups is 2. The maximum absolute atomic E-state index is 13.5. The molecule has 5 nitrogen and oxygen atoms in total. The number of halogens is 1. The fourth-order valence-corrected chi connectivity index (χ4v) is 1.86. The lowest BCUT2D eigenvalue weighted by atomic mass is 10.1. The molecule has 1 aromatic rings. The number of nitrogens with zero attached hydrogens (tertiary/aromatic N) is 1. The fraction of sp³-hybridized carbons (Fsp3) is 0.429. The molecule has 0 spiro atoms. The van der Waals surface area contributed by atoms with E-state index in [1.54, 1.807) is 7.05 Å². The zero-order valence-corrected chi connectivity index (χ0v) is 11.8. The molecule has 0 bridgehead atoms. The molecule has 0 aliphatic rings. The van der Waals surface area contributed by atoms with Crippen LogP contribution in [0.15, 0.2) is 18.2 Å². The molecule has 20 heavy (non-hydrogen) atoms. The molecule has 1 atom stereocenters. The number of benzene rings is 1. The van der Waals surface area contributed by atoms with E-state index < -0.39 is 23.4 Å². The van der Waals surface area contributed by atoms with Gasteiger partial charge >= 0.3 is 12.0 Å². The van der Waals surface area contributed by atoms with Gasteiger partial charge in [-0.1, -0.05) is 19.4 Å². The van der Waals surface area contributed by atoms with Crippen molar-refractivity contribution in [2.24, 2.45) is 0 Å². The molecule has 0 radical (unpaired) electrons. The van der Waals surface area contributed by atoms with Crippen molar-refractivity contribution >= 4 is 17.7 Å². The van der Waals surface area contributed by atoms with Gasteiger partial charge in [-0.3, -0.25) is 0 Å². The van der Waals surface area contributed by atoms with Crippen molar-refractivity contribution in [1.82, 2.24) is 4.90 Å². The summed E-state index contributed by atoms with van der Waals surface area (Å²) in [5.74, 6) is -2.29. The van der Waals surface area contributed by atoms with Gasteiger partial charge in [0.15, 0.2) is 0 Å². The van der Waals surface area contributed by atoms with E-state index in [-0.39, 0.29) is 11.7 Å². The fourth-order valence-electron chi connectivity index (χ4n) is 1.86. The van der Waals surface area contributed by atoms with Gasteiger partial charge in [0.25, 0.3) is 0 Å². The number of rotatable bonds is 5. The van der Waals surface area contributed by atoms with Crippen LogP contribution in [0, 0.1) is 5.82 Å². The van der Waals surface area contributed by atoms with Gasteiger partial charge in [-0.25, -0.2) is 14.0 Å². The van der Waals surface area contributed by atoms with Crippen molar-refractivity contribution in [2.75, 3.05) is 12.4 Å². The van der Waals surface area contributed by atoms with Crippen LogP contribution in [-0.2, 0) is 0 Å². The summed E-state index contributed by atoms with van der Waals surface area (Å²) in [6, 6.07) is 3.32. The van der Waals surface area contributed by atoms with Crippen LogP contribution in [0.3, 0.4) is 0 Å². The Morgan fingerprint density at radius 2 is 2.10 bits per heavy atom. The molecule has 2 N–H and O–H groups in total. The molecule has 0 aromatic heterocycles. The summed E-state index contributed by atoms with van der Waals surface area (Å²) in [5.41, 5.74) is -0.574. The Hall–Kier alpha value is -2.11. The average Bonchev–Trinajstić information content (AvgIpc) is 2.37. The highest BCUT2D eigenvalue weighted by Crippen LogP contribution is 2.19. The van der Waals surface area contributed by atoms with Crippen LogP contribution in [0.5, 0.6) is 0 Å². The van der Waals surface area contributed by atoms with Crippen LogP contribution in [0.2, 0.25) is 0 Å². The summed E-state index contributed by atoms with van der Waals surface area (Å²) in [6.07, 6.45) is 1.76. The van der Waals surface area contributed by atoms with Gasteiger partial charge in [-0.15, -0.1) is 0 Å². The van der Waals surface area contributed by atoms with Crippen LogP contribution in [-0.4, -0.2) is 35.1 Å². The van der Waals surface area contributed by atoms with Crippen LogP contribution >= 0.6 is 0 Å². The first-order chi connectivity index (χ1) is 9.38. The van der Waals surface area contributed by atoms with Crippen molar-refractivity contribution in [1.29, 1.82) is 0 Å². The highest BCUT2D eigenvalue weighted by molar-refractivity contribution is 6.00. The summed E-state index contributed by atoms with van der Waals surface area (Å²) >= 11 is 0. The predicted molar refractivity (Wildman–Crippen MR) is 74.5 cm³/mol. The number of nitrogens with one attached hydrogen (secondary N) is 1. The average molecular weight is 282 g/mol. The standard InChI is InChI=1S/C14H19FN2O3/c1-4-6-9(2)17(3)14(20)16-11-8-5-7-10(15)12(11)13(18)19/h5,7-9H,4,6H2,1-3H3,(H,16,20)(H,18,19). The third-order valence-electron chi connectivity index (χ3n) is 3.16. The van der Waals surface area contributed by atoms with E-state index in [2.05, 4.69) is 5.32 Å². The molecule has 1 unspecified atom stereocenters. The van der Waals surface area contributed by atoms with Crippen LogP contribution < -0.4 is 5.32 Å². The third-order valence-corrected chi connectivity index (χ3v) is 3.16. The van der Waals surface area contributed by atoms with E-state index >= 15 is 0 Å². The molecule has 0 saturated heterocycles. The highest BCUT2D eigenvalue weighted by Gasteiger charge is 2.20. The molecule has 110 valence electrons. The number of hydrogen-bond acceptors (Lipinski definition) is 2. The number of aromatic carboxylic acids is 1. The van der Waals surface area contributed by atoms with Crippen molar-refractivity contribution in [3.8, 4) is 0 Å². The second kappa shape index (κ2) is 6.88. The number of carbonyl (C=O) groups excluding carboxylic acids is 1. The SMILES string of the molecule is CCCC(C)N(C)C(=O)Nc1cccc(F)c1C(=O)O. The van der Waals surface area contributed by atoms with Gasteiger partial charge in [-0.05, 0) is 25.5 Å². The third kappa shape index (κ3) is 3.69. The second-order valence-electron chi connectivity index (χ2n) is 4.65. The molecule has 1 rings (SSSR count). The summed E-state index contributed by atoms with van der Waals surface area (Å²) in [6.45, 7) is 3.91. The largest absolute Gasteiger partial charge is 0.478 e. The van der Waals surface area contributed by atoms with E-state index in [1.165, 1.54) is 17.0 Å². The van der Waals surface area contributed by atoms with Crippen molar-refractivity contribution < 1.29 is 19.1 Å². The summed E-state index contributed by atoms with van der Waals surface area (Å²) in [4.78, 5) is 24.5. The highest BCUT2D eigenvalue weighted by atomic mass is 19.1. The monoisotopic (exact) mass is 282 g/mol. The molecule has 6 heteroatoms. The number of anilines is 1. The van der Waals surface area contributed by atoms with Crippen molar-refractivity contribution in [3.63, 3.8) is 0 Å². The normalized spacial score (nSPS) is 11.8. The first kappa shape index (κ1) is 15.9. The molecule has 0 aliphatic heterocycles. The summed E-state index contributed by atoms with van der Waals surface area (Å²) in [7, 11) is 1.62. The molecule has 0 aliphatic carbocycles. The number of urea groups is 1. The predicted octanol–water partition coefficient (Wildman–Crippen LogP) is 3.18. The summed E-state index contributed by atoms with van der Waals surface area (Å²) in [5, 5.41) is 11.4. The van der Waals surface area contributed by atoms with E-state index in [4.69, 9.17) is 5.11 Å². The quantitative estimate of drug-likeness (QED) is 0.871. The Morgan fingerprint density at radius 3 is 2.65 bits per heavy atom. The van der Waals surface area contributed by atoms with Gasteiger partial charge in [-0.2, -0.15) is 0 Å². The van der Waals surface area contributed by atoms with Crippen LogP contribution in [0.25, 0.3) is 0 Å². The maximum atomic E-state index is 13.5. The van der Waals surface area contributed by atoms with Crippen molar-refractivity contribution in [2.45, 2.75) is 32.7 Å². The van der Waals surface area contributed by atoms with Crippen LogP contribution in [0.4, 0.5) is 14.9 Å². The molecular formula is C14H19FN2O3. The van der Waals surface area contributed by atoms with E-state index in [0.29, 0.717) is 0 Å². The van der Waals surface area contributed by atoms with E-state index in [0.717, 1.165) is 18.9 Å². The molecule has 2 amide bonds. The molecule has 1 aromatic carbocycles. The van der Waals surface area contributed by atoms with E-state index in [9.17, 15) is 14.0 Å². The van der Waals surface area contributed by atoms with Crippen LogP contribution in [0.1, 0.15) is 37.0 Å². The van der Waals surface area contributed by atoms with Gasteiger partial charge in [0.2, 0.25) is 0 Å². The zero-order chi connectivity index (χ0) is 15.3. The lowest BCUT2D eigenvalue weighted by Crippen LogP contribution is -2.38. The maximum Gasteiger partial charge on any atom is 0.340 e. The number of hydrogen-bond donors (Lipinski definition) is 2. The van der Waals surface area contributed by atoms with Gasteiger partial charge in [0.1, 0.15) is 11.4 Å². The number of carboxylic acid groups (broad SMARTS) is 1. The van der Waals surface area contributed by atoms with Gasteiger partial charge < -0.3 is 15.3 Å². The lowest BCUT2D eigenvalue weighted by Gasteiger charge is -2.25. The minimum Gasteiger partial charge on any atom is -0.478 e. The Balaban J connectivity index is 2.91. The van der Waals surface area contributed by atoms with E-state index in [1.807, 2.05) is 13.8 Å². The lowest BCUT2D eigenvalue weighted by molar-refractivity contribution is 0.0693. The van der Waals surface area contributed by atoms with Gasteiger partial charge in [0.05, 0.1) is 5.69 Å². The Kier molecular flexibility index (Phi) is 5.49. The molecule has 0 saturated carbocycles. The first-order valence-electron chi connectivity index (χ1n) is 6.44. The minimum atomic E-state index is -1.41. The van der Waals surface area contributed by atoms with Gasteiger partial charge in [0, 0.05) is 13.1 Å². The number of carboxylic acids is 1. The van der Waals surface area contributed by atoms with Crippen molar-refractivity contribution in [3.05, 3.63) is 29.6 Å². The first-order valence-corrected chi connectivity index (χ1v) is 6.44. The minimum absolute atomic E-state index is 0.0156.